The van der Waals surface area contributed by atoms with Crippen molar-refractivity contribution >= 4 is 17.6 Å². The number of aryl methyl sites for hydroxylation is 1. The fraction of sp³-hybridized carbons (Fsp3) is 0.263. The topological polar surface area (TPSA) is 75.6 Å². The molecular formula is C19H21NO4. The first-order chi connectivity index (χ1) is 11.5. The van der Waals surface area contributed by atoms with Crippen LogP contribution in [0.4, 0.5) is 5.69 Å². The predicted molar refractivity (Wildman–Crippen MR) is 92.3 cm³/mol. The summed E-state index contributed by atoms with van der Waals surface area (Å²) in [6.45, 7) is 2.47. The van der Waals surface area contributed by atoms with Crippen LogP contribution in [0.2, 0.25) is 0 Å². The van der Waals surface area contributed by atoms with E-state index >= 15 is 0 Å². The summed E-state index contributed by atoms with van der Waals surface area (Å²) in [7, 11) is 0. The molecule has 0 aliphatic heterocycles. The number of anilines is 1. The van der Waals surface area contributed by atoms with Crippen molar-refractivity contribution in [3.63, 3.8) is 0 Å². The maximum Gasteiger partial charge on any atom is 0.307 e. The van der Waals surface area contributed by atoms with E-state index in [-0.39, 0.29) is 12.3 Å². The van der Waals surface area contributed by atoms with Crippen LogP contribution in [0.15, 0.2) is 48.5 Å². The third-order valence-corrected chi connectivity index (χ3v) is 3.37. The summed E-state index contributed by atoms with van der Waals surface area (Å²) in [5, 5.41) is 11.6. The molecule has 2 aromatic rings. The second kappa shape index (κ2) is 8.72. The largest absolute Gasteiger partial charge is 0.494 e. The minimum atomic E-state index is -0.897. The Bertz CT molecular complexity index is 712. The van der Waals surface area contributed by atoms with Crippen LogP contribution in [0.3, 0.4) is 0 Å². The van der Waals surface area contributed by atoms with Crippen LogP contribution < -0.4 is 10.1 Å². The monoisotopic (exact) mass is 327 g/mol. The van der Waals surface area contributed by atoms with Gasteiger partial charge in [0.15, 0.2) is 0 Å². The minimum Gasteiger partial charge on any atom is -0.494 e. The minimum absolute atomic E-state index is 0.0615. The number of benzene rings is 2. The van der Waals surface area contributed by atoms with Crippen LogP contribution in [0.5, 0.6) is 5.75 Å². The van der Waals surface area contributed by atoms with E-state index in [4.69, 9.17) is 9.84 Å². The van der Waals surface area contributed by atoms with Gasteiger partial charge >= 0.3 is 5.97 Å². The van der Waals surface area contributed by atoms with Gasteiger partial charge in [0.2, 0.25) is 5.91 Å². The number of hydrogen-bond donors (Lipinski definition) is 2. The molecule has 0 aliphatic carbocycles. The van der Waals surface area contributed by atoms with Crippen molar-refractivity contribution in [2.75, 3.05) is 11.9 Å². The van der Waals surface area contributed by atoms with Crippen molar-refractivity contribution in [1.29, 1.82) is 0 Å². The lowest BCUT2D eigenvalue weighted by Gasteiger charge is -2.08. The quantitative estimate of drug-likeness (QED) is 0.729. The lowest BCUT2D eigenvalue weighted by Crippen LogP contribution is -2.13. The summed E-state index contributed by atoms with van der Waals surface area (Å²) < 4.78 is 5.61. The molecule has 0 atom stereocenters. The van der Waals surface area contributed by atoms with Crippen LogP contribution in [0, 0.1) is 6.92 Å². The average Bonchev–Trinajstić information content (AvgIpc) is 2.51. The summed E-state index contributed by atoms with van der Waals surface area (Å²) in [6.07, 6.45) is 0.887. The normalized spacial score (nSPS) is 10.2. The number of amides is 1. The molecular weight excluding hydrogens is 306 g/mol. The van der Waals surface area contributed by atoms with Gasteiger partial charge in [-0.2, -0.15) is 0 Å². The zero-order valence-electron chi connectivity index (χ0n) is 13.6. The van der Waals surface area contributed by atoms with Crippen LogP contribution in [-0.4, -0.2) is 23.6 Å². The first kappa shape index (κ1) is 17.5. The number of aliphatic carboxylic acids is 1. The molecule has 2 N–H and O–H groups in total. The molecule has 0 saturated heterocycles. The Balaban J connectivity index is 1.74. The van der Waals surface area contributed by atoms with Crippen molar-refractivity contribution in [3.05, 3.63) is 59.7 Å². The Labute approximate surface area is 141 Å². The zero-order chi connectivity index (χ0) is 17.4. The van der Waals surface area contributed by atoms with E-state index in [1.807, 2.05) is 31.2 Å². The van der Waals surface area contributed by atoms with Crippen molar-refractivity contribution in [1.82, 2.24) is 0 Å². The maximum atomic E-state index is 11.9. The van der Waals surface area contributed by atoms with E-state index in [1.165, 1.54) is 0 Å². The third-order valence-electron chi connectivity index (χ3n) is 3.37. The number of carboxylic acid groups (broad SMARTS) is 1. The van der Waals surface area contributed by atoms with E-state index in [0.29, 0.717) is 30.7 Å². The van der Waals surface area contributed by atoms with Crippen molar-refractivity contribution < 1.29 is 19.4 Å². The molecule has 0 aromatic heterocycles. The highest BCUT2D eigenvalue weighted by atomic mass is 16.5. The molecule has 5 heteroatoms. The van der Waals surface area contributed by atoms with Gasteiger partial charge in [-0.25, -0.2) is 0 Å². The Morgan fingerprint density at radius 1 is 1.12 bits per heavy atom. The third kappa shape index (κ3) is 6.12. The van der Waals surface area contributed by atoms with Crippen molar-refractivity contribution in [2.24, 2.45) is 0 Å². The molecule has 0 aliphatic rings. The molecule has 5 nitrogen and oxygen atoms in total. The van der Waals surface area contributed by atoms with Gasteiger partial charge in [0.25, 0.3) is 0 Å². The molecule has 24 heavy (non-hydrogen) atoms. The van der Waals surface area contributed by atoms with E-state index in [0.717, 1.165) is 11.3 Å². The lowest BCUT2D eigenvalue weighted by molar-refractivity contribution is -0.136. The van der Waals surface area contributed by atoms with E-state index in [2.05, 4.69) is 5.32 Å². The van der Waals surface area contributed by atoms with Gasteiger partial charge < -0.3 is 15.2 Å². The summed E-state index contributed by atoms with van der Waals surface area (Å²) in [4.78, 5) is 22.6. The summed E-state index contributed by atoms with van der Waals surface area (Å²) in [6, 6.07) is 14.6. The first-order valence-corrected chi connectivity index (χ1v) is 7.83. The Kier molecular flexibility index (Phi) is 6.37. The average molecular weight is 327 g/mol. The van der Waals surface area contributed by atoms with Crippen LogP contribution >= 0.6 is 0 Å². The molecule has 126 valence electrons. The fourth-order valence-electron chi connectivity index (χ4n) is 2.29. The highest BCUT2D eigenvalue weighted by molar-refractivity contribution is 5.90. The van der Waals surface area contributed by atoms with E-state index < -0.39 is 5.97 Å². The van der Waals surface area contributed by atoms with Crippen LogP contribution in [0.1, 0.15) is 24.0 Å². The Hall–Kier alpha value is -2.82. The highest BCUT2D eigenvalue weighted by Gasteiger charge is 2.05. The van der Waals surface area contributed by atoms with Crippen molar-refractivity contribution in [3.8, 4) is 5.75 Å². The number of rotatable bonds is 8. The summed E-state index contributed by atoms with van der Waals surface area (Å²) in [5.74, 6) is -0.209. The molecule has 0 radical (unpaired) electrons. The molecule has 0 spiro atoms. The van der Waals surface area contributed by atoms with Gasteiger partial charge in [-0.15, -0.1) is 0 Å². The van der Waals surface area contributed by atoms with Gasteiger partial charge in [0.05, 0.1) is 13.0 Å². The van der Waals surface area contributed by atoms with Crippen molar-refractivity contribution in [2.45, 2.75) is 26.2 Å². The van der Waals surface area contributed by atoms with Gasteiger partial charge in [0.1, 0.15) is 5.75 Å². The SMILES string of the molecule is Cc1cccc(OCCCC(=O)Nc2cccc(CC(=O)O)c2)c1. The number of carbonyl (C=O) groups is 2. The first-order valence-electron chi connectivity index (χ1n) is 7.83. The molecule has 0 saturated carbocycles. The molecule has 2 rings (SSSR count). The summed E-state index contributed by atoms with van der Waals surface area (Å²) >= 11 is 0. The standard InChI is InChI=1S/C19H21NO4/c1-14-5-2-8-17(11-14)24-10-4-9-18(21)20-16-7-3-6-15(12-16)13-19(22)23/h2-3,5-8,11-12H,4,9-10,13H2,1H3,(H,20,21)(H,22,23). The number of ether oxygens (including phenoxy) is 1. The number of hydrogen-bond acceptors (Lipinski definition) is 3. The zero-order valence-corrected chi connectivity index (χ0v) is 13.6. The molecule has 1 amide bonds. The lowest BCUT2D eigenvalue weighted by atomic mass is 10.1. The van der Waals surface area contributed by atoms with Gasteiger partial charge in [-0.05, 0) is 48.7 Å². The molecule has 0 fully saturated rings. The van der Waals surface area contributed by atoms with Crippen LogP contribution in [0.25, 0.3) is 0 Å². The van der Waals surface area contributed by atoms with Gasteiger partial charge in [0, 0.05) is 12.1 Å². The molecule has 2 aromatic carbocycles. The highest BCUT2D eigenvalue weighted by Crippen LogP contribution is 2.14. The molecule has 0 heterocycles. The number of nitrogens with one attached hydrogen (secondary N) is 1. The smallest absolute Gasteiger partial charge is 0.307 e. The number of carbonyl (C=O) groups excluding carboxylic acids is 1. The summed E-state index contributed by atoms with van der Waals surface area (Å²) in [5.41, 5.74) is 2.40. The number of carboxylic acids is 1. The second-order valence-corrected chi connectivity index (χ2v) is 5.59. The Morgan fingerprint density at radius 3 is 2.67 bits per heavy atom. The predicted octanol–water partition coefficient (Wildman–Crippen LogP) is 3.42. The van der Waals surface area contributed by atoms with E-state index in [1.54, 1.807) is 24.3 Å². The Morgan fingerprint density at radius 2 is 1.92 bits per heavy atom. The fourth-order valence-corrected chi connectivity index (χ4v) is 2.29. The molecule has 0 unspecified atom stereocenters. The molecule has 0 bridgehead atoms. The maximum absolute atomic E-state index is 11.9. The second-order valence-electron chi connectivity index (χ2n) is 5.59. The van der Waals surface area contributed by atoms with E-state index in [9.17, 15) is 9.59 Å². The van der Waals surface area contributed by atoms with Gasteiger partial charge in [-0.3, -0.25) is 9.59 Å². The van der Waals surface area contributed by atoms with Gasteiger partial charge in [-0.1, -0.05) is 24.3 Å². The van der Waals surface area contributed by atoms with Crippen LogP contribution in [-0.2, 0) is 16.0 Å².